The van der Waals surface area contributed by atoms with Crippen molar-refractivity contribution in [1.82, 2.24) is 4.90 Å². The van der Waals surface area contributed by atoms with Crippen molar-refractivity contribution in [1.29, 1.82) is 0 Å². The van der Waals surface area contributed by atoms with Gasteiger partial charge in [-0.2, -0.15) is 0 Å². The monoisotopic (exact) mass is 283 g/mol. The lowest BCUT2D eigenvalue weighted by atomic mass is 10.2. The maximum atomic E-state index is 11.9. The quantitative estimate of drug-likeness (QED) is 0.784. The van der Waals surface area contributed by atoms with Gasteiger partial charge in [-0.1, -0.05) is 17.7 Å². The summed E-state index contributed by atoms with van der Waals surface area (Å²) in [6, 6.07) is 4.86. The first-order chi connectivity index (χ1) is 9.22. The third-order valence-corrected chi connectivity index (χ3v) is 3.13. The van der Waals surface area contributed by atoms with Crippen LogP contribution in [0, 0.1) is 0 Å². The van der Waals surface area contributed by atoms with Crippen molar-refractivity contribution in [3.8, 4) is 5.75 Å². The maximum absolute atomic E-state index is 11.9. The normalized spacial score (nSPS) is 15.1. The summed E-state index contributed by atoms with van der Waals surface area (Å²) in [5, 5.41) is 0.319. The number of carbonyl (C=O) groups is 2. The molecule has 2 rings (SSSR count). The van der Waals surface area contributed by atoms with Gasteiger partial charge in [-0.15, -0.1) is 0 Å². The molecular formula is C13H14ClNO4. The van der Waals surface area contributed by atoms with Crippen LogP contribution in [0.1, 0.15) is 10.4 Å². The van der Waals surface area contributed by atoms with Gasteiger partial charge in [0, 0.05) is 13.1 Å². The van der Waals surface area contributed by atoms with Crippen molar-refractivity contribution in [2.24, 2.45) is 0 Å². The number of nitrogens with zero attached hydrogens (tertiary/aromatic N) is 1. The lowest BCUT2D eigenvalue weighted by molar-refractivity contribution is -0.137. The van der Waals surface area contributed by atoms with E-state index in [1.165, 1.54) is 0 Å². The Labute approximate surface area is 116 Å². The highest BCUT2D eigenvalue weighted by Gasteiger charge is 2.18. The predicted molar refractivity (Wildman–Crippen MR) is 69.7 cm³/mol. The molecule has 102 valence electrons. The molecule has 0 bridgehead atoms. The van der Waals surface area contributed by atoms with Gasteiger partial charge >= 0.3 is 0 Å². The highest BCUT2D eigenvalue weighted by atomic mass is 35.5. The Hall–Kier alpha value is -1.59. The van der Waals surface area contributed by atoms with E-state index in [9.17, 15) is 9.59 Å². The summed E-state index contributed by atoms with van der Waals surface area (Å²) in [7, 11) is 0. The van der Waals surface area contributed by atoms with Crippen LogP contribution in [0.5, 0.6) is 5.75 Å². The molecule has 0 aromatic heterocycles. The molecule has 0 N–H and O–H groups in total. The molecule has 1 fully saturated rings. The zero-order chi connectivity index (χ0) is 13.7. The van der Waals surface area contributed by atoms with Crippen LogP contribution < -0.4 is 4.74 Å². The molecule has 0 radical (unpaired) electrons. The Bertz CT molecular complexity index is 472. The Balaban J connectivity index is 1.98. The van der Waals surface area contributed by atoms with E-state index in [0.717, 1.165) is 0 Å². The fraction of sp³-hybridized carbons (Fsp3) is 0.385. The number of ether oxygens (including phenoxy) is 2. The molecule has 5 nitrogen and oxygen atoms in total. The number of hydrogen-bond donors (Lipinski definition) is 0. The number of halogens is 1. The molecule has 1 aliphatic rings. The molecule has 0 aliphatic carbocycles. The minimum absolute atomic E-state index is 0.134. The first-order valence-corrected chi connectivity index (χ1v) is 6.32. The van der Waals surface area contributed by atoms with Crippen molar-refractivity contribution in [3.05, 3.63) is 28.8 Å². The average molecular weight is 284 g/mol. The van der Waals surface area contributed by atoms with Crippen molar-refractivity contribution >= 4 is 23.8 Å². The molecule has 0 atom stereocenters. The SMILES string of the molecule is O=Cc1cccc(Cl)c1OCC(=O)N1CCOCC1. The van der Waals surface area contributed by atoms with Gasteiger partial charge in [0.2, 0.25) is 0 Å². The Kier molecular flexibility index (Phi) is 4.76. The van der Waals surface area contributed by atoms with E-state index in [2.05, 4.69) is 0 Å². The summed E-state index contributed by atoms with van der Waals surface area (Å²) < 4.78 is 10.5. The zero-order valence-electron chi connectivity index (χ0n) is 10.3. The third-order valence-electron chi connectivity index (χ3n) is 2.83. The van der Waals surface area contributed by atoms with Crippen LogP contribution in [0.15, 0.2) is 18.2 Å². The fourth-order valence-electron chi connectivity index (χ4n) is 1.81. The fourth-order valence-corrected chi connectivity index (χ4v) is 2.04. The molecule has 1 aromatic rings. The number of rotatable bonds is 4. The summed E-state index contributed by atoms with van der Waals surface area (Å²) in [5.41, 5.74) is 0.335. The van der Waals surface area contributed by atoms with Gasteiger partial charge in [0.15, 0.2) is 12.9 Å². The van der Waals surface area contributed by atoms with Gasteiger partial charge in [0.25, 0.3) is 5.91 Å². The van der Waals surface area contributed by atoms with Gasteiger partial charge in [-0.25, -0.2) is 0 Å². The molecule has 1 amide bonds. The van der Waals surface area contributed by atoms with Crippen molar-refractivity contribution in [2.45, 2.75) is 0 Å². The number of hydrogen-bond acceptors (Lipinski definition) is 4. The topological polar surface area (TPSA) is 55.8 Å². The van der Waals surface area contributed by atoms with E-state index in [1.54, 1.807) is 23.1 Å². The van der Waals surface area contributed by atoms with E-state index in [0.29, 0.717) is 43.2 Å². The van der Waals surface area contributed by atoms with E-state index in [-0.39, 0.29) is 18.3 Å². The Morgan fingerprint density at radius 2 is 2.16 bits per heavy atom. The summed E-state index contributed by atoms with van der Waals surface area (Å²) in [6.45, 7) is 2.07. The van der Waals surface area contributed by atoms with E-state index in [4.69, 9.17) is 21.1 Å². The number of para-hydroxylation sites is 1. The molecule has 0 spiro atoms. The first-order valence-electron chi connectivity index (χ1n) is 5.94. The number of carbonyl (C=O) groups excluding carboxylic acids is 2. The molecule has 1 saturated heterocycles. The highest BCUT2D eigenvalue weighted by molar-refractivity contribution is 6.32. The van der Waals surface area contributed by atoms with Crippen LogP contribution in [-0.4, -0.2) is 50.0 Å². The van der Waals surface area contributed by atoms with Gasteiger partial charge in [-0.3, -0.25) is 9.59 Å². The van der Waals surface area contributed by atoms with Crippen LogP contribution in [0.25, 0.3) is 0 Å². The number of morpholine rings is 1. The van der Waals surface area contributed by atoms with Crippen molar-refractivity contribution in [3.63, 3.8) is 0 Å². The standard InChI is InChI=1S/C13H14ClNO4/c14-11-3-1-2-10(8-16)13(11)19-9-12(17)15-4-6-18-7-5-15/h1-3,8H,4-7,9H2. The maximum Gasteiger partial charge on any atom is 0.260 e. The average Bonchev–Trinajstić information content (AvgIpc) is 2.46. The van der Waals surface area contributed by atoms with Crippen LogP contribution in [-0.2, 0) is 9.53 Å². The molecule has 1 aliphatic heterocycles. The number of amides is 1. The first kappa shape index (κ1) is 13.8. The predicted octanol–water partition coefficient (Wildman–Crippen LogP) is 1.39. The van der Waals surface area contributed by atoms with Gasteiger partial charge < -0.3 is 14.4 Å². The summed E-state index contributed by atoms with van der Waals surface area (Å²) in [6.07, 6.45) is 0.653. The highest BCUT2D eigenvalue weighted by Crippen LogP contribution is 2.27. The minimum Gasteiger partial charge on any atom is -0.481 e. The van der Waals surface area contributed by atoms with E-state index in [1.807, 2.05) is 0 Å². The van der Waals surface area contributed by atoms with Crippen LogP contribution in [0.3, 0.4) is 0 Å². The zero-order valence-corrected chi connectivity index (χ0v) is 11.1. The molecular weight excluding hydrogens is 270 g/mol. The van der Waals surface area contributed by atoms with Gasteiger partial charge in [-0.05, 0) is 12.1 Å². The molecule has 6 heteroatoms. The van der Waals surface area contributed by atoms with Gasteiger partial charge in [0.1, 0.15) is 5.75 Å². The second kappa shape index (κ2) is 6.54. The number of benzene rings is 1. The second-order valence-electron chi connectivity index (χ2n) is 4.06. The molecule has 1 aromatic carbocycles. The largest absolute Gasteiger partial charge is 0.481 e. The smallest absolute Gasteiger partial charge is 0.260 e. The lowest BCUT2D eigenvalue weighted by Gasteiger charge is -2.26. The molecule has 1 heterocycles. The summed E-state index contributed by atoms with van der Waals surface area (Å²) in [4.78, 5) is 24.4. The molecule has 19 heavy (non-hydrogen) atoms. The Morgan fingerprint density at radius 1 is 1.42 bits per heavy atom. The number of aldehydes is 1. The van der Waals surface area contributed by atoms with Crippen LogP contribution in [0.4, 0.5) is 0 Å². The Morgan fingerprint density at radius 3 is 2.84 bits per heavy atom. The lowest BCUT2D eigenvalue weighted by Crippen LogP contribution is -2.43. The van der Waals surface area contributed by atoms with Crippen LogP contribution in [0.2, 0.25) is 5.02 Å². The molecule has 0 unspecified atom stereocenters. The summed E-state index contributed by atoms with van der Waals surface area (Å²) in [5.74, 6) is 0.112. The van der Waals surface area contributed by atoms with Gasteiger partial charge in [0.05, 0.1) is 23.8 Å². The van der Waals surface area contributed by atoms with E-state index < -0.39 is 0 Å². The van der Waals surface area contributed by atoms with E-state index >= 15 is 0 Å². The minimum atomic E-state index is -0.139. The second-order valence-corrected chi connectivity index (χ2v) is 4.47. The summed E-state index contributed by atoms with van der Waals surface area (Å²) >= 11 is 5.95. The molecule has 0 saturated carbocycles. The van der Waals surface area contributed by atoms with Crippen molar-refractivity contribution < 1.29 is 19.1 Å². The third kappa shape index (κ3) is 3.45. The van der Waals surface area contributed by atoms with Crippen LogP contribution >= 0.6 is 11.6 Å². The van der Waals surface area contributed by atoms with Crippen molar-refractivity contribution in [2.75, 3.05) is 32.9 Å².